The summed E-state index contributed by atoms with van der Waals surface area (Å²) in [6, 6.07) is 10.8. The van der Waals surface area contributed by atoms with Crippen LogP contribution in [0.1, 0.15) is 42.2 Å². The SMILES string of the molecule is O=C(O)c1ccc(C(=O)O)c(C(=O)O)c1Cc1ccccc1. The van der Waals surface area contributed by atoms with Gasteiger partial charge < -0.3 is 15.3 Å². The van der Waals surface area contributed by atoms with E-state index in [9.17, 15) is 24.6 Å². The highest BCUT2D eigenvalue weighted by molar-refractivity contribution is 6.05. The van der Waals surface area contributed by atoms with Crippen LogP contribution in [0.15, 0.2) is 42.5 Å². The van der Waals surface area contributed by atoms with Crippen molar-refractivity contribution in [3.8, 4) is 0 Å². The van der Waals surface area contributed by atoms with E-state index in [0.29, 0.717) is 5.56 Å². The molecule has 22 heavy (non-hydrogen) atoms. The number of rotatable bonds is 5. The summed E-state index contributed by atoms with van der Waals surface area (Å²) in [5, 5.41) is 27.7. The van der Waals surface area contributed by atoms with Crippen molar-refractivity contribution in [2.24, 2.45) is 0 Å². The van der Waals surface area contributed by atoms with Gasteiger partial charge >= 0.3 is 17.9 Å². The second-order valence-electron chi connectivity index (χ2n) is 4.59. The summed E-state index contributed by atoms with van der Waals surface area (Å²) in [5.41, 5.74) is -0.466. The average Bonchev–Trinajstić information content (AvgIpc) is 2.47. The Morgan fingerprint density at radius 2 is 1.27 bits per heavy atom. The van der Waals surface area contributed by atoms with Crippen LogP contribution in [0.5, 0.6) is 0 Å². The smallest absolute Gasteiger partial charge is 0.336 e. The molecule has 0 saturated heterocycles. The first-order valence-electron chi connectivity index (χ1n) is 6.31. The summed E-state index contributed by atoms with van der Waals surface area (Å²) in [4.78, 5) is 34.0. The van der Waals surface area contributed by atoms with Crippen LogP contribution in [-0.4, -0.2) is 33.2 Å². The molecule has 3 N–H and O–H groups in total. The van der Waals surface area contributed by atoms with Crippen LogP contribution in [0.25, 0.3) is 0 Å². The molecule has 112 valence electrons. The zero-order valence-electron chi connectivity index (χ0n) is 11.3. The second kappa shape index (κ2) is 6.09. The van der Waals surface area contributed by atoms with Crippen LogP contribution in [-0.2, 0) is 6.42 Å². The third-order valence-corrected chi connectivity index (χ3v) is 3.21. The van der Waals surface area contributed by atoms with E-state index in [-0.39, 0.29) is 17.5 Å². The lowest BCUT2D eigenvalue weighted by atomic mass is 9.91. The Balaban J connectivity index is 2.70. The minimum Gasteiger partial charge on any atom is -0.478 e. The first-order valence-corrected chi connectivity index (χ1v) is 6.31. The molecule has 2 aromatic carbocycles. The first-order chi connectivity index (χ1) is 10.4. The molecule has 0 heterocycles. The fraction of sp³-hybridized carbons (Fsp3) is 0.0625. The molecule has 0 amide bonds. The van der Waals surface area contributed by atoms with Crippen molar-refractivity contribution >= 4 is 17.9 Å². The Bertz CT molecular complexity index is 749. The van der Waals surface area contributed by atoms with Crippen molar-refractivity contribution in [3.05, 3.63) is 70.3 Å². The van der Waals surface area contributed by atoms with Crippen LogP contribution in [0.2, 0.25) is 0 Å². The third-order valence-electron chi connectivity index (χ3n) is 3.21. The number of hydrogen-bond acceptors (Lipinski definition) is 3. The molecular weight excluding hydrogens is 288 g/mol. The van der Waals surface area contributed by atoms with Gasteiger partial charge in [0.25, 0.3) is 0 Å². The largest absolute Gasteiger partial charge is 0.478 e. The van der Waals surface area contributed by atoms with Crippen LogP contribution in [0.3, 0.4) is 0 Å². The topological polar surface area (TPSA) is 112 Å². The number of carboxylic acids is 3. The molecule has 0 aliphatic rings. The fourth-order valence-electron chi connectivity index (χ4n) is 2.25. The predicted molar refractivity (Wildman–Crippen MR) is 76.6 cm³/mol. The Kier molecular flexibility index (Phi) is 4.22. The predicted octanol–water partition coefficient (Wildman–Crippen LogP) is 2.37. The third kappa shape index (κ3) is 2.95. The maximum Gasteiger partial charge on any atom is 0.336 e. The molecule has 0 aromatic heterocycles. The minimum absolute atomic E-state index is 0.0191. The summed E-state index contributed by atoms with van der Waals surface area (Å²) >= 11 is 0. The molecule has 0 radical (unpaired) electrons. The van der Waals surface area contributed by atoms with Crippen molar-refractivity contribution in [1.82, 2.24) is 0 Å². The highest BCUT2D eigenvalue weighted by atomic mass is 16.4. The molecule has 0 fully saturated rings. The number of carboxylic acid groups (broad SMARTS) is 3. The van der Waals surface area contributed by atoms with Gasteiger partial charge in [0.2, 0.25) is 0 Å². The summed E-state index contributed by atoms with van der Waals surface area (Å²) in [7, 11) is 0. The zero-order valence-corrected chi connectivity index (χ0v) is 11.3. The van der Waals surface area contributed by atoms with Gasteiger partial charge in [-0.05, 0) is 29.7 Å². The van der Waals surface area contributed by atoms with Crippen molar-refractivity contribution in [2.45, 2.75) is 6.42 Å². The molecule has 6 nitrogen and oxygen atoms in total. The summed E-state index contributed by atoms with van der Waals surface area (Å²) in [6.07, 6.45) is 0.0191. The van der Waals surface area contributed by atoms with Gasteiger partial charge in [-0.15, -0.1) is 0 Å². The van der Waals surface area contributed by atoms with Gasteiger partial charge in [-0.25, -0.2) is 14.4 Å². The maximum absolute atomic E-state index is 11.5. The Morgan fingerprint density at radius 3 is 1.77 bits per heavy atom. The number of hydrogen-bond donors (Lipinski definition) is 3. The average molecular weight is 300 g/mol. The van der Waals surface area contributed by atoms with Gasteiger partial charge in [0.1, 0.15) is 0 Å². The van der Waals surface area contributed by atoms with E-state index in [0.717, 1.165) is 12.1 Å². The van der Waals surface area contributed by atoms with Gasteiger partial charge in [0.05, 0.1) is 16.7 Å². The lowest BCUT2D eigenvalue weighted by Gasteiger charge is -2.12. The lowest BCUT2D eigenvalue weighted by molar-refractivity contribution is 0.0648. The Morgan fingerprint density at radius 1 is 0.727 bits per heavy atom. The maximum atomic E-state index is 11.5. The lowest BCUT2D eigenvalue weighted by Crippen LogP contribution is -2.16. The van der Waals surface area contributed by atoms with E-state index in [1.54, 1.807) is 30.3 Å². The number of carbonyl (C=O) groups is 3. The first kappa shape index (κ1) is 15.2. The van der Waals surface area contributed by atoms with Crippen LogP contribution in [0, 0.1) is 0 Å². The second-order valence-corrected chi connectivity index (χ2v) is 4.59. The van der Waals surface area contributed by atoms with Crippen molar-refractivity contribution < 1.29 is 29.7 Å². The molecule has 0 bridgehead atoms. The highest BCUT2D eigenvalue weighted by Gasteiger charge is 2.25. The van der Waals surface area contributed by atoms with Gasteiger partial charge in [0, 0.05) is 0 Å². The molecule has 0 atom stereocenters. The van der Waals surface area contributed by atoms with E-state index in [1.165, 1.54) is 0 Å². The minimum atomic E-state index is -1.47. The van der Waals surface area contributed by atoms with Crippen molar-refractivity contribution in [1.29, 1.82) is 0 Å². The van der Waals surface area contributed by atoms with E-state index in [2.05, 4.69) is 0 Å². The van der Waals surface area contributed by atoms with Crippen LogP contribution in [0.4, 0.5) is 0 Å². The van der Waals surface area contributed by atoms with E-state index >= 15 is 0 Å². The molecule has 2 aromatic rings. The molecule has 2 rings (SSSR count). The van der Waals surface area contributed by atoms with Crippen molar-refractivity contribution in [3.63, 3.8) is 0 Å². The summed E-state index contributed by atoms with van der Waals surface area (Å²) in [5.74, 6) is -4.18. The molecule has 6 heteroatoms. The standard InChI is InChI=1S/C16H12O6/c17-14(18)10-6-7-11(15(19)20)13(16(21)22)12(10)8-9-4-2-1-3-5-9/h1-7H,8H2,(H,17,18)(H,19,20)(H,21,22). The number of aromatic carboxylic acids is 3. The Labute approximate surface area is 125 Å². The molecule has 0 spiro atoms. The van der Waals surface area contributed by atoms with Gasteiger partial charge in [-0.3, -0.25) is 0 Å². The summed E-state index contributed by atoms with van der Waals surface area (Å²) in [6.45, 7) is 0. The van der Waals surface area contributed by atoms with E-state index < -0.39 is 29.0 Å². The normalized spacial score (nSPS) is 10.2. The fourth-order valence-corrected chi connectivity index (χ4v) is 2.25. The van der Waals surface area contributed by atoms with Crippen LogP contribution >= 0.6 is 0 Å². The highest BCUT2D eigenvalue weighted by Crippen LogP contribution is 2.23. The van der Waals surface area contributed by atoms with Crippen LogP contribution < -0.4 is 0 Å². The quantitative estimate of drug-likeness (QED) is 0.781. The number of benzene rings is 2. The van der Waals surface area contributed by atoms with E-state index in [1.807, 2.05) is 0 Å². The van der Waals surface area contributed by atoms with Gasteiger partial charge in [-0.1, -0.05) is 30.3 Å². The monoisotopic (exact) mass is 300 g/mol. The van der Waals surface area contributed by atoms with Gasteiger partial charge in [0.15, 0.2) is 0 Å². The molecule has 0 unspecified atom stereocenters. The summed E-state index contributed by atoms with van der Waals surface area (Å²) < 4.78 is 0. The molecular formula is C16H12O6. The molecule has 0 aliphatic heterocycles. The molecule has 0 saturated carbocycles. The zero-order chi connectivity index (χ0) is 16.3. The van der Waals surface area contributed by atoms with Crippen molar-refractivity contribution in [2.75, 3.05) is 0 Å². The van der Waals surface area contributed by atoms with Gasteiger partial charge in [-0.2, -0.15) is 0 Å². The molecule has 0 aliphatic carbocycles. The van der Waals surface area contributed by atoms with E-state index in [4.69, 9.17) is 5.11 Å². The Hall–Kier alpha value is -3.15.